The molecular formula is C15H17F7O2. The van der Waals surface area contributed by atoms with Crippen LogP contribution in [0.2, 0.25) is 0 Å². The van der Waals surface area contributed by atoms with Crippen LogP contribution in [-0.4, -0.2) is 29.7 Å². The Morgan fingerprint density at radius 2 is 1.46 bits per heavy atom. The highest BCUT2D eigenvalue weighted by Gasteiger charge is 2.72. The Labute approximate surface area is 134 Å². The fourth-order valence-electron chi connectivity index (χ4n) is 1.90. The molecule has 1 unspecified atom stereocenters. The molecular weight excluding hydrogens is 345 g/mol. The summed E-state index contributed by atoms with van der Waals surface area (Å²) in [7, 11) is 0. The maximum atomic E-state index is 13.6. The standard InChI is InChI=1S/C15H17F7O2/c1-2-3-8-24-11-6-4-10(5-7-11)12(23)9-13(16,14(17,18)19)15(20,21)22/h4-7,12,23H,2-3,8-9H2,1H3. The third-order valence-corrected chi connectivity index (χ3v) is 3.40. The van der Waals surface area contributed by atoms with E-state index in [4.69, 9.17) is 4.74 Å². The highest BCUT2D eigenvalue weighted by molar-refractivity contribution is 5.29. The van der Waals surface area contributed by atoms with E-state index in [1.807, 2.05) is 6.92 Å². The molecule has 0 heterocycles. The van der Waals surface area contributed by atoms with Gasteiger partial charge in [0.25, 0.3) is 0 Å². The SMILES string of the molecule is CCCCOc1ccc(C(O)CC(F)(C(F)(F)F)C(F)(F)F)cc1. The molecule has 0 aliphatic rings. The number of hydrogen-bond donors (Lipinski definition) is 1. The number of halogens is 7. The van der Waals surface area contributed by atoms with E-state index in [2.05, 4.69) is 0 Å². The molecule has 24 heavy (non-hydrogen) atoms. The van der Waals surface area contributed by atoms with Gasteiger partial charge in [0.2, 0.25) is 0 Å². The maximum Gasteiger partial charge on any atom is 0.431 e. The summed E-state index contributed by atoms with van der Waals surface area (Å²) >= 11 is 0. The molecule has 0 aliphatic heterocycles. The summed E-state index contributed by atoms with van der Waals surface area (Å²) in [5.74, 6) is 0.345. The zero-order chi connectivity index (χ0) is 18.6. The number of aliphatic hydroxyl groups is 1. The first kappa shape index (κ1) is 20.5. The summed E-state index contributed by atoms with van der Waals surface area (Å²) in [5, 5.41) is 9.61. The van der Waals surface area contributed by atoms with Crippen LogP contribution in [0.15, 0.2) is 24.3 Å². The smallest absolute Gasteiger partial charge is 0.431 e. The zero-order valence-corrected chi connectivity index (χ0v) is 12.7. The van der Waals surface area contributed by atoms with Gasteiger partial charge in [0.1, 0.15) is 5.75 Å². The van der Waals surface area contributed by atoms with Crippen LogP contribution < -0.4 is 4.74 Å². The second-order valence-corrected chi connectivity index (χ2v) is 5.29. The predicted molar refractivity (Wildman–Crippen MR) is 72.4 cm³/mol. The lowest BCUT2D eigenvalue weighted by Crippen LogP contribution is -2.54. The van der Waals surface area contributed by atoms with Gasteiger partial charge in [-0.05, 0) is 24.1 Å². The first-order chi connectivity index (χ1) is 10.9. The lowest BCUT2D eigenvalue weighted by Gasteiger charge is -2.31. The molecule has 1 atom stereocenters. The van der Waals surface area contributed by atoms with E-state index in [0.717, 1.165) is 25.0 Å². The summed E-state index contributed by atoms with van der Waals surface area (Å²) in [5.41, 5.74) is -5.76. The third kappa shape index (κ3) is 4.75. The second-order valence-electron chi connectivity index (χ2n) is 5.29. The predicted octanol–water partition coefficient (Wildman–Crippen LogP) is 5.12. The molecule has 1 N–H and O–H groups in total. The Kier molecular flexibility index (Phi) is 6.49. The van der Waals surface area contributed by atoms with Crippen molar-refractivity contribution < 1.29 is 40.6 Å². The fourth-order valence-corrected chi connectivity index (χ4v) is 1.90. The number of unbranched alkanes of at least 4 members (excludes halogenated alkanes) is 1. The summed E-state index contributed by atoms with van der Waals surface area (Å²) in [6, 6.07) is 4.77. The average Bonchev–Trinajstić information content (AvgIpc) is 2.45. The molecule has 1 aromatic rings. The van der Waals surface area contributed by atoms with Crippen LogP contribution in [0.5, 0.6) is 5.75 Å². The second kappa shape index (κ2) is 7.58. The van der Waals surface area contributed by atoms with E-state index in [0.29, 0.717) is 12.4 Å². The number of rotatable bonds is 7. The zero-order valence-electron chi connectivity index (χ0n) is 12.7. The number of alkyl halides is 7. The van der Waals surface area contributed by atoms with Crippen molar-refractivity contribution in [2.24, 2.45) is 0 Å². The van der Waals surface area contributed by atoms with Crippen LogP contribution >= 0.6 is 0 Å². The number of ether oxygens (including phenoxy) is 1. The van der Waals surface area contributed by atoms with Crippen molar-refractivity contribution in [1.29, 1.82) is 0 Å². The minimum absolute atomic E-state index is 0.270. The van der Waals surface area contributed by atoms with Gasteiger partial charge in [-0.3, -0.25) is 0 Å². The van der Waals surface area contributed by atoms with Gasteiger partial charge in [0, 0.05) is 6.42 Å². The Balaban J connectivity index is 2.87. The van der Waals surface area contributed by atoms with Crippen LogP contribution in [0, 0.1) is 0 Å². The van der Waals surface area contributed by atoms with E-state index >= 15 is 0 Å². The van der Waals surface area contributed by atoms with Crippen molar-refractivity contribution >= 4 is 0 Å². The molecule has 0 aliphatic carbocycles. The molecule has 0 fully saturated rings. The molecule has 0 bridgehead atoms. The quantitative estimate of drug-likeness (QED) is 0.539. The summed E-state index contributed by atoms with van der Waals surface area (Å²) in [6.45, 7) is 2.33. The van der Waals surface area contributed by atoms with E-state index in [1.165, 1.54) is 12.1 Å². The van der Waals surface area contributed by atoms with Crippen LogP contribution in [-0.2, 0) is 0 Å². The van der Waals surface area contributed by atoms with Gasteiger partial charge in [-0.2, -0.15) is 26.3 Å². The van der Waals surface area contributed by atoms with Gasteiger partial charge in [-0.15, -0.1) is 0 Å². The van der Waals surface area contributed by atoms with Crippen molar-refractivity contribution in [2.45, 2.75) is 50.3 Å². The first-order valence-corrected chi connectivity index (χ1v) is 7.15. The summed E-state index contributed by atoms with van der Waals surface area (Å²) in [4.78, 5) is 0. The maximum absolute atomic E-state index is 13.6. The molecule has 0 aromatic heterocycles. The van der Waals surface area contributed by atoms with Gasteiger partial charge in [0.05, 0.1) is 12.7 Å². The van der Waals surface area contributed by atoms with Crippen LogP contribution in [0.3, 0.4) is 0 Å². The molecule has 0 radical (unpaired) electrons. The Bertz CT molecular complexity index is 494. The molecule has 0 amide bonds. The molecule has 1 rings (SSSR count). The number of aliphatic hydroxyl groups excluding tert-OH is 1. The molecule has 0 saturated heterocycles. The number of benzene rings is 1. The van der Waals surface area contributed by atoms with Gasteiger partial charge in [-0.25, -0.2) is 4.39 Å². The monoisotopic (exact) mass is 362 g/mol. The van der Waals surface area contributed by atoms with Gasteiger partial charge >= 0.3 is 18.0 Å². The van der Waals surface area contributed by atoms with Gasteiger partial charge < -0.3 is 9.84 Å². The van der Waals surface area contributed by atoms with E-state index in [-0.39, 0.29) is 5.56 Å². The van der Waals surface area contributed by atoms with E-state index in [9.17, 15) is 35.8 Å². The van der Waals surface area contributed by atoms with Crippen LogP contribution in [0.1, 0.15) is 37.9 Å². The van der Waals surface area contributed by atoms with E-state index < -0.39 is 30.5 Å². The van der Waals surface area contributed by atoms with Gasteiger partial charge in [0.15, 0.2) is 0 Å². The normalized spacial score (nSPS) is 14.5. The number of hydrogen-bond acceptors (Lipinski definition) is 2. The molecule has 1 aromatic carbocycles. The van der Waals surface area contributed by atoms with Crippen LogP contribution in [0.25, 0.3) is 0 Å². The molecule has 2 nitrogen and oxygen atoms in total. The third-order valence-electron chi connectivity index (χ3n) is 3.40. The average molecular weight is 362 g/mol. The van der Waals surface area contributed by atoms with Crippen molar-refractivity contribution in [2.75, 3.05) is 6.61 Å². The minimum atomic E-state index is -6.19. The first-order valence-electron chi connectivity index (χ1n) is 7.15. The molecule has 138 valence electrons. The van der Waals surface area contributed by atoms with Crippen LogP contribution in [0.4, 0.5) is 30.7 Å². The van der Waals surface area contributed by atoms with Gasteiger partial charge in [-0.1, -0.05) is 25.5 Å². The Morgan fingerprint density at radius 3 is 1.88 bits per heavy atom. The molecule has 0 saturated carbocycles. The molecule has 0 spiro atoms. The topological polar surface area (TPSA) is 29.5 Å². The highest BCUT2D eigenvalue weighted by Crippen LogP contribution is 2.50. The fraction of sp³-hybridized carbons (Fsp3) is 0.600. The Hall–Kier alpha value is -1.51. The van der Waals surface area contributed by atoms with Crippen molar-refractivity contribution in [3.05, 3.63) is 29.8 Å². The van der Waals surface area contributed by atoms with E-state index in [1.54, 1.807) is 0 Å². The Morgan fingerprint density at radius 1 is 0.958 bits per heavy atom. The van der Waals surface area contributed by atoms with Crippen molar-refractivity contribution in [3.8, 4) is 5.75 Å². The largest absolute Gasteiger partial charge is 0.494 e. The van der Waals surface area contributed by atoms with Crippen molar-refractivity contribution in [1.82, 2.24) is 0 Å². The molecule has 9 heteroatoms. The summed E-state index contributed by atoms with van der Waals surface area (Å²) in [6.07, 6.45) is -15.2. The summed E-state index contributed by atoms with van der Waals surface area (Å²) < 4.78 is 93.8. The lowest BCUT2D eigenvalue weighted by molar-refractivity contribution is -0.347. The lowest BCUT2D eigenvalue weighted by atomic mass is 9.93. The van der Waals surface area contributed by atoms with Crippen molar-refractivity contribution in [3.63, 3.8) is 0 Å². The minimum Gasteiger partial charge on any atom is -0.494 e. The highest BCUT2D eigenvalue weighted by atomic mass is 19.4.